The van der Waals surface area contributed by atoms with Crippen LogP contribution < -0.4 is 0 Å². The van der Waals surface area contributed by atoms with Crippen molar-refractivity contribution in [2.24, 2.45) is 5.41 Å². The minimum atomic E-state index is -0.337. The van der Waals surface area contributed by atoms with Crippen LogP contribution in [-0.4, -0.2) is 10.6 Å². The average molecular weight is 383 g/mol. The Hall–Kier alpha value is 0.140. The molecule has 1 unspecified atom stereocenters. The lowest BCUT2D eigenvalue weighted by molar-refractivity contribution is -0.125. The fraction of sp³-hybridized carbons (Fsp3) is 0.462. The summed E-state index contributed by atoms with van der Waals surface area (Å²) >= 11 is 12.9. The van der Waals surface area contributed by atoms with Gasteiger partial charge >= 0.3 is 0 Å². The number of carbonyl (C=O) groups is 1. The molecule has 4 heteroatoms. The monoisotopic (exact) mass is 380 g/mol. The zero-order valence-electron chi connectivity index (χ0n) is 10.1. The summed E-state index contributed by atoms with van der Waals surface area (Å²) in [5.41, 5.74) is 0.644. The predicted octanol–water partition coefficient (Wildman–Crippen LogP) is 5.02. The number of ketones is 1. The molecule has 0 aliphatic heterocycles. The zero-order valence-corrected chi connectivity index (χ0v) is 14.0. The van der Waals surface area contributed by atoms with Crippen LogP contribution in [0.5, 0.6) is 0 Å². The lowest BCUT2D eigenvalue weighted by Crippen LogP contribution is -2.30. The molecule has 1 aromatic rings. The van der Waals surface area contributed by atoms with Crippen molar-refractivity contribution in [1.29, 1.82) is 0 Å². The summed E-state index contributed by atoms with van der Waals surface area (Å²) in [5, 5.41) is 0.686. The Morgan fingerprint density at radius 3 is 2.47 bits per heavy atom. The maximum absolute atomic E-state index is 12.0. The second-order valence-corrected chi connectivity index (χ2v) is 7.45. The topological polar surface area (TPSA) is 17.1 Å². The van der Waals surface area contributed by atoms with Gasteiger partial charge in [0.25, 0.3) is 0 Å². The first-order valence-corrected chi connectivity index (χ1v) is 7.43. The summed E-state index contributed by atoms with van der Waals surface area (Å²) in [6.45, 7) is 5.77. The summed E-state index contributed by atoms with van der Waals surface area (Å²) in [4.78, 5) is 11.9. The van der Waals surface area contributed by atoms with E-state index in [1.807, 2.05) is 39.0 Å². The first kappa shape index (κ1) is 15.2. The molecule has 1 nitrogen and oxygen atoms in total. The molecule has 94 valence electrons. The van der Waals surface area contributed by atoms with Gasteiger partial charge < -0.3 is 0 Å². The maximum atomic E-state index is 12.0. The van der Waals surface area contributed by atoms with Gasteiger partial charge in [-0.05, 0) is 24.1 Å². The Balaban J connectivity index is 2.81. The predicted molar refractivity (Wildman–Crippen MR) is 80.0 cm³/mol. The van der Waals surface area contributed by atoms with Crippen LogP contribution in [-0.2, 0) is 11.2 Å². The third-order valence-corrected chi connectivity index (χ3v) is 4.02. The standard InChI is InChI=1S/C13H15Br2ClO/c1-13(2,3)12(17)10(15)6-8-4-5-9(14)7-11(8)16/h4-5,7,10H,6H2,1-3H3. The van der Waals surface area contributed by atoms with Crippen LogP contribution in [0.25, 0.3) is 0 Å². The number of rotatable bonds is 3. The molecule has 0 spiro atoms. The zero-order chi connectivity index (χ0) is 13.2. The van der Waals surface area contributed by atoms with Crippen molar-refractivity contribution in [3.05, 3.63) is 33.3 Å². The van der Waals surface area contributed by atoms with E-state index in [4.69, 9.17) is 11.6 Å². The smallest absolute Gasteiger partial charge is 0.152 e. The molecule has 0 saturated heterocycles. The summed E-state index contributed by atoms with van der Waals surface area (Å²) in [6, 6.07) is 5.72. The molecule has 0 aliphatic rings. The van der Waals surface area contributed by atoms with Gasteiger partial charge in [0, 0.05) is 14.9 Å². The molecular formula is C13H15Br2ClO. The van der Waals surface area contributed by atoms with E-state index in [0.29, 0.717) is 11.4 Å². The molecule has 0 aromatic heterocycles. The molecular weight excluding hydrogens is 367 g/mol. The molecule has 17 heavy (non-hydrogen) atoms. The van der Waals surface area contributed by atoms with E-state index in [0.717, 1.165) is 10.0 Å². The molecule has 1 aromatic carbocycles. The number of Topliss-reactive ketones (excluding diaryl/α,β-unsaturated/α-hetero) is 1. The molecule has 0 radical (unpaired) electrons. The van der Waals surface area contributed by atoms with Crippen LogP contribution >= 0.6 is 43.5 Å². The van der Waals surface area contributed by atoms with Gasteiger partial charge in [-0.3, -0.25) is 4.79 Å². The first-order valence-electron chi connectivity index (χ1n) is 5.34. The van der Waals surface area contributed by atoms with Crippen LogP contribution in [0.4, 0.5) is 0 Å². The molecule has 1 rings (SSSR count). The minimum Gasteiger partial charge on any atom is -0.298 e. The van der Waals surface area contributed by atoms with Gasteiger partial charge in [0.1, 0.15) is 0 Å². The van der Waals surface area contributed by atoms with Gasteiger partial charge in [-0.2, -0.15) is 0 Å². The van der Waals surface area contributed by atoms with Gasteiger partial charge in [-0.1, -0.05) is 70.3 Å². The number of alkyl halides is 1. The van der Waals surface area contributed by atoms with Crippen molar-refractivity contribution in [1.82, 2.24) is 0 Å². The SMILES string of the molecule is CC(C)(C)C(=O)C(Br)Cc1ccc(Br)cc1Cl. The summed E-state index contributed by atoms with van der Waals surface area (Å²) in [6.07, 6.45) is 0.613. The van der Waals surface area contributed by atoms with Crippen LogP contribution in [0.15, 0.2) is 22.7 Å². The molecule has 1 atom stereocenters. The molecule has 0 aliphatic carbocycles. The van der Waals surface area contributed by atoms with E-state index < -0.39 is 0 Å². The van der Waals surface area contributed by atoms with E-state index in [-0.39, 0.29) is 16.0 Å². The lowest BCUT2D eigenvalue weighted by atomic mass is 9.87. The van der Waals surface area contributed by atoms with Crippen molar-refractivity contribution in [3.8, 4) is 0 Å². The molecule has 0 saturated carbocycles. The Bertz CT molecular complexity index is 424. The number of halogens is 3. The Morgan fingerprint density at radius 1 is 1.41 bits per heavy atom. The van der Waals surface area contributed by atoms with E-state index in [1.54, 1.807) is 0 Å². The van der Waals surface area contributed by atoms with Gasteiger partial charge in [-0.25, -0.2) is 0 Å². The molecule has 0 bridgehead atoms. The van der Waals surface area contributed by atoms with Crippen LogP contribution in [0.3, 0.4) is 0 Å². The summed E-state index contributed by atoms with van der Waals surface area (Å²) in [7, 11) is 0. The average Bonchev–Trinajstić information content (AvgIpc) is 2.19. The Kier molecular flexibility index (Phi) is 5.23. The number of carbonyl (C=O) groups excluding carboxylic acids is 1. The lowest BCUT2D eigenvalue weighted by Gasteiger charge is -2.21. The van der Waals surface area contributed by atoms with Gasteiger partial charge in [-0.15, -0.1) is 0 Å². The minimum absolute atomic E-state index is 0.191. The molecule has 0 amide bonds. The highest BCUT2D eigenvalue weighted by molar-refractivity contribution is 9.10. The van der Waals surface area contributed by atoms with Gasteiger partial charge in [0.15, 0.2) is 5.78 Å². The van der Waals surface area contributed by atoms with Crippen molar-refractivity contribution in [2.75, 3.05) is 0 Å². The van der Waals surface area contributed by atoms with Crippen molar-refractivity contribution in [3.63, 3.8) is 0 Å². The second kappa shape index (κ2) is 5.85. The van der Waals surface area contributed by atoms with Gasteiger partial charge in [0.2, 0.25) is 0 Å². The van der Waals surface area contributed by atoms with Crippen molar-refractivity contribution < 1.29 is 4.79 Å². The molecule has 0 N–H and O–H groups in total. The van der Waals surface area contributed by atoms with Gasteiger partial charge in [0.05, 0.1) is 4.83 Å². The van der Waals surface area contributed by atoms with Crippen LogP contribution in [0.1, 0.15) is 26.3 Å². The van der Waals surface area contributed by atoms with Crippen LogP contribution in [0, 0.1) is 5.41 Å². The fourth-order valence-electron chi connectivity index (χ4n) is 1.44. The van der Waals surface area contributed by atoms with E-state index >= 15 is 0 Å². The van der Waals surface area contributed by atoms with Crippen LogP contribution in [0.2, 0.25) is 5.02 Å². The van der Waals surface area contributed by atoms with E-state index in [1.165, 1.54) is 0 Å². The Labute approximate surface area is 124 Å². The normalized spacial score (nSPS) is 13.5. The van der Waals surface area contributed by atoms with E-state index in [2.05, 4.69) is 31.9 Å². The number of hydrogen-bond donors (Lipinski definition) is 0. The number of benzene rings is 1. The van der Waals surface area contributed by atoms with Crippen molar-refractivity contribution >= 4 is 49.2 Å². The summed E-state index contributed by atoms with van der Waals surface area (Å²) < 4.78 is 0.944. The molecule has 0 heterocycles. The van der Waals surface area contributed by atoms with E-state index in [9.17, 15) is 4.79 Å². The highest BCUT2D eigenvalue weighted by Gasteiger charge is 2.28. The number of hydrogen-bond acceptors (Lipinski definition) is 1. The first-order chi connectivity index (χ1) is 7.71. The Morgan fingerprint density at radius 2 is 2.00 bits per heavy atom. The second-order valence-electron chi connectivity index (χ2n) is 5.02. The summed E-state index contributed by atoms with van der Waals surface area (Å²) in [5.74, 6) is 0.191. The highest BCUT2D eigenvalue weighted by atomic mass is 79.9. The fourth-order valence-corrected chi connectivity index (χ4v) is 3.23. The quantitative estimate of drug-likeness (QED) is 0.671. The molecule has 0 fully saturated rings. The third kappa shape index (κ3) is 4.38. The largest absolute Gasteiger partial charge is 0.298 e. The highest BCUT2D eigenvalue weighted by Crippen LogP contribution is 2.27. The maximum Gasteiger partial charge on any atom is 0.152 e. The third-order valence-electron chi connectivity index (χ3n) is 2.44. The van der Waals surface area contributed by atoms with Crippen molar-refractivity contribution in [2.45, 2.75) is 32.0 Å².